The number of amides is 1. The topological polar surface area (TPSA) is 100 Å². The zero-order chi connectivity index (χ0) is 22.1. The minimum Gasteiger partial charge on any atom is -0.493 e. The minimum absolute atomic E-state index is 0.0557. The molecule has 0 aliphatic heterocycles. The lowest BCUT2D eigenvalue weighted by molar-refractivity contribution is -0.141. The van der Waals surface area contributed by atoms with E-state index >= 15 is 0 Å². The summed E-state index contributed by atoms with van der Waals surface area (Å²) in [6.07, 6.45) is -0.0645. The quantitative estimate of drug-likeness (QED) is 0.470. The van der Waals surface area contributed by atoms with E-state index in [0.717, 1.165) is 0 Å². The summed E-state index contributed by atoms with van der Waals surface area (Å²) in [5.74, 6) is 0.499. The van der Waals surface area contributed by atoms with Gasteiger partial charge in [0.25, 0.3) is 5.91 Å². The Bertz CT molecular complexity index is 893. The third kappa shape index (κ3) is 6.23. The molecule has 0 fully saturated rings. The van der Waals surface area contributed by atoms with Crippen LogP contribution < -0.4 is 19.5 Å². The Morgan fingerprint density at radius 3 is 2.17 bits per heavy atom. The van der Waals surface area contributed by atoms with Crippen LogP contribution >= 0.6 is 0 Å². The second-order valence-corrected chi connectivity index (χ2v) is 6.38. The van der Waals surface area contributed by atoms with E-state index < -0.39 is 17.9 Å². The smallest absolute Gasteiger partial charge is 0.307 e. The van der Waals surface area contributed by atoms with Crippen molar-refractivity contribution in [1.29, 1.82) is 0 Å². The van der Waals surface area contributed by atoms with Crippen molar-refractivity contribution in [3.05, 3.63) is 53.6 Å². The van der Waals surface area contributed by atoms with Crippen LogP contribution in [0.4, 0.5) is 0 Å². The average molecular weight is 415 g/mol. The molecular weight excluding hydrogens is 390 g/mol. The van der Waals surface area contributed by atoms with Gasteiger partial charge in [-0.1, -0.05) is 6.07 Å². The summed E-state index contributed by atoms with van der Waals surface area (Å²) < 4.78 is 20.7. The second-order valence-electron chi connectivity index (χ2n) is 6.38. The predicted octanol–water partition coefficient (Wildman–Crippen LogP) is 2.71. The first kappa shape index (κ1) is 22.7. The van der Waals surface area contributed by atoms with Gasteiger partial charge in [-0.25, -0.2) is 0 Å². The predicted molar refractivity (Wildman–Crippen MR) is 109 cm³/mol. The zero-order valence-corrected chi connectivity index (χ0v) is 17.4. The largest absolute Gasteiger partial charge is 0.493 e. The Labute approximate surface area is 175 Å². The molecule has 0 bridgehead atoms. The fraction of sp³-hybridized carbons (Fsp3) is 0.318. The van der Waals surface area contributed by atoms with Gasteiger partial charge in [0.15, 0.2) is 23.9 Å². The van der Waals surface area contributed by atoms with Crippen molar-refractivity contribution in [3.63, 3.8) is 0 Å². The lowest BCUT2D eigenvalue weighted by atomic mass is 10.0. The number of carbonyl (C=O) groups is 3. The van der Waals surface area contributed by atoms with Gasteiger partial charge in [0.05, 0.1) is 33.8 Å². The van der Waals surface area contributed by atoms with Crippen molar-refractivity contribution in [2.75, 3.05) is 27.9 Å². The summed E-state index contributed by atoms with van der Waals surface area (Å²) in [6, 6.07) is 10.9. The van der Waals surface area contributed by atoms with Crippen LogP contribution in [0.1, 0.15) is 35.3 Å². The monoisotopic (exact) mass is 415 g/mol. The summed E-state index contributed by atoms with van der Waals surface area (Å²) in [5.41, 5.74) is 1.20. The van der Waals surface area contributed by atoms with E-state index in [4.69, 9.17) is 18.9 Å². The molecule has 0 aromatic heterocycles. The highest BCUT2D eigenvalue weighted by Gasteiger charge is 2.21. The number of methoxy groups -OCH3 is 3. The third-order valence-electron chi connectivity index (χ3n) is 4.37. The van der Waals surface area contributed by atoms with Crippen LogP contribution in [0.5, 0.6) is 17.2 Å². The Morgan fingerprint density at radius 1 is 0.933 bits per heavy atom. The van der Waals surface area contributed by atoms with Gasteiger partial charge in [-0.15, -0.1) is 0 Å². The third-order valence-corrected chi connectivity index (χ3v) is 4.37. The number of rotatable bonds is 10. The minimum atomic E-state index is -0.645. The molecule has 2 rings (SSSR count). The Morgan fingerprint density at radius 2 is 1.60 bits per heavy atom. The number of nitrogens with one attached hydrogen (secondary N) is 1. The highest BCUT2D eigenvalue weighted by molar-refractivity contribution is 5.94. The van der Waals surface area contributed by atoms with E-state index in [-0.39, 0.29) is 18.8 Å². The molecule has 30 heavy (non-hydrogen) atoms. The van der Waals surface area contributed by atoms with E-state index in [1.54, 1.807) is 42.5 Å². The number of ketones is 1. The number of carbonyl (C=O) groups excluding carboxylic acids is 3. The molecule has 1 N–H and O–H groups in total. The van der Waals surface area contributed by atoms with Crippen molar-refractivity contribution in [3.8, 4) is 17.2 Å². The number of benzene rings is 2. The van der Waals surface area contributed by atoms with E-state index in [2.05, 4.69) is 5.32 Å². The van der Waals surface area contributed by atoms with E-state index in [0.29, 0.717) is 28.4 Å². The highest BCUT2D eigenvalue weighted by Crippen LogP contribution is 2.31. The van der Waals surface area contributed by atoms with Crippen LogP contribution in [0.15, 0.2) is 42.5 Å². The number of esters is 1. The SMILES string of the molecule is COC(=O)CC(NC(=O)COc1ccc(C(C)=O)cc1)c1ccc(OC)c(OC)c1. The van der Waals surface area contributed by atoms with Gasteiger partial charge in [0.2, 0.25) is 0 Å². The molecule has 0 aliphatic carbocycles. The molecule has 160 valence electrons. The van der Waals surface area contributed by atoms with E-state index in [1.807, 2.05) is 0 Å². The molecular formula is C22H25NO7. The van der Waals surface area contributed by atoms with Crippen molar-refractivity contribution in [2.45, 2.75) is 19.4 Å². The summed E-state index contributed by atoms with van der Waals surface area (Å²) >= 11 is 0. The zero-order valence-electron chi connectivity index (χ0n) is 17.4. The molecule has 2 aromatic carbocycles. The molecule has 1 amide bonds. The molecule has 1 unspecified atom stereocenters. The first-order chi connectivity index (χ1) is 14.4. The molecule has 8 heteroatoms. The number of ether oxygens (including phenoxy) is 4. The summed E-state index contributed by atoms with van der Waals surface area (Å²) in [5, 5.41) is 2.77. The van der Waals surface area contributed by atoms with Crippen LogP contribution in [0.25, 0.3) is 0 Å². The lowest BCUT2D eigenvalue weighted by Crippen LogP contribution is -2.34. The maximum Gasteiger partial charge on any atom is 0.307 e. The summed E-state index contributed by atoms with van der Waals surface area (Å²) in [7, 11) is 4.30. The Hall–Kier alpha value is -3.55. The average Bonchev–Trinajstić information content (AvgIpc) is 2.76. The Balaban J connectivity index is 2.09. The van der Waals surface area contributed by atoms with Crippen molar-refractivity contribution in [2.24, 2.45) is 0 Å². The van der Waals surface area contributed by atoms with Gasteiger partial charge >= 0.3 is 5.97 Å². The normalized spacial score (nSPS) is 11.2. The molecule has 2 aromatic rings. The van der Waals surface area contributed by atoms with Crippen LogP contribution in [0.2, 0.25) is 0 Å². The maximum atomic E-state index is 12.4. The van der Waals surface area contributed by atoms with Crippen molar-refractivity contribution < 1.29 is 33.3 Å². The Kier molecular flexibility index (Phi) is 8.22. The second kappa shape index (κ2) is 10.8. The molecule has 0 saturated heterocycles. The van der Waals surface area contributed by atoms with Crippen LogP contribution in [0.3, 0.4) is 0 Å². The standard InChI is InChI=1S/C22H25NO7/c1-14(24)15-5-8-17(9-6-15)30-13-21(25)23-18(12-22(26)29-4)16-7-10-19(27-2)20(11-16)28-3/h5-11,18H,12-13H2,1-4H3,(H,23,25). The lowest BCUT2D eigenvalue weighted by Gasteiger charge is -2.20. The van der Waals surface area contributed by atoms with Crippen LogP contribution in [0, 0.1) is 0 Å². The van der Waals surface area contributed by atoms with Crippen molar-refractivity contribution in [1.82, 2.24) is 5.32 Å². The molecule has 8 nitrogen and oxygen atoms in total. The first-order valence-electron chi connectivity index (χ1n) is 9.19. The molecule has 0 aliphatic rings. The summed E-state index contributed by atoms with van der Waals surface area (Å²) in [6.45, 7) is 1.21. The molecule has 1 atom stereocenters. The first-order valence-corrected chi connectivity index (χ1v) is 9.19. The van der Waals surface area contributed by atoms with Gasteiger partial charge < -0.3 is 24.3 Å². The number of hydrogen-bond acceptors (Lipinski definition) is 7. The molecule has 0 radical (unpaired) electrons. The molecule has 0 heterocycles. The van der Waals surface area contributed by atoms with Crippen molar-refractivity contribution >= 4 is 17.7 Å². The van der Waals surface area contributed by atoms with Crippen LogP contribution in [-0.2, 0) is 14.3 Å². The highest BCUT2D eigenvalue weighted by atomic mass is 16.5. The van der Waals surface area contributed by atoms with Crippen LogP contribution in [-0.4, -0.2) is 45.6 Å². The van der Waals surface area contributed by atoms with Gasteiger partial charge in [0, 0.05) is 5.56 Å². The summed E-state index contributed by atoms with van der Waals surface area (Å²) in [4.78, 5) is 35.6. The molecule has 0 saturated carbocycles. The van der Waals surface area contributed by atoms with Gasteiger partial charge in [-0.3, -0.25) is 14.4 Å². The van der Waals surface area contributed by atoms with E-state index in [1.165, 1.54) is 28.3 Å². The van der Waals surface area contributed by atoms with Gasteiger partial charge in [-0.2, -0.15) is 0 Å². The fourth-order valence-corrected chi connectivity index (χ4v) is 2.74. The maximum absolute atomic E-state index is 12.4. The van der Waals surface area contributed by atoms with E-state index in [9.17, 15) is 14.4 Å². The van der Waals surface area contributed by atoms with Gasteiger partial charge in [0.1, 0.15) is 5.75 Å². The number of hydrogen-bond donors (Lipinski definition) is 1. The fourth-order valence-electron chi connectivity index (χ4n) is 2.74. The molecule has 0 spiro atoms. The van der Waals surface area contributed by atoms with Gasteiger partial charge in [-0.05, 0) is 48.9 Å². The number of Topliss-reactive ketones (excluding diaryl/α,β-unsaturated/α-hetero) is 1.